The van der Waals surface area contributed by atoms with Crippen molar-refractivity contribution >= 4 is 27.3 Å². The first kappa shape index (κ1) is 14.2. The summed E-state index contributed by atoms with van der Waals surface area (Å²) >= 11 is 5.72. The van der Waals surface area contributed by atoms with Crippen LogP contribution in [0.4, 0.5) is 0 Å². The molecule has 1 nitrogen and oxygen atoms in total. The number of rotatable bonds is 2. The number of hydrogen-bond acceptors (Lipinski definition) is 2. The Bertz CT molecular complexity index is 638. The van der Waals surface area contributed by atoms with Gasteiger partial charge in [0, 0.05) is 16.2 Å². The van der Waals surface area contributed by atoms with Crippen LogP contribution in [0.2, 0.25) is 0 Å². The molecule has 0 N–H and O–H groups in total. The molecule has 3 heteroatoms. The Morgan fingerprint density at radius 1 is 1.25 bits per heavy atom. The van der Waals surface area contributed by atoms with Gasteiger partial charge in [0.2, 0.25) is 0 Å². The topological polar surface area (TPSA) is 9.23 Å². The second kappa shape index (κ2) is 4.88. The van der Waals surface area contributed by atoms with Gasteiger partial charge in [-0.05, 0) is 56.5 Å². The van der Waals surface area contributed by atoms with Crippen LogP contribution in [-0.2, 0) is 6.42 Å². The van der Waals surface area contributed by atoms with Gasteiger partial charge in [0.05, 0.1) is 4.83 Å². The SMILES string of the molecule is Cc1cc(C(Br)c2ccc3c(c2)CC(C)(C)O3)sc1C. The van der Waals surface area contributed by atoms with Crippen molar-refractivity contribution in [1.29, 1.82) is 0 Å². The Hall–Kier alpha value is -0.800. The minimum atomic E-state index is -0.0706. The maximum absolute atomic E-state index is 5.95. The molecule has 0 radical (unpaired) electrons. The van der Waals surface area contributed by atoms with Crippen molar-refractivity contribution in [2.75, 3.05) is 0 Å². The third-order valence-corrected chi connectivity index (χ3v) is 6.36. The van der Waals surface area contributed by atoms with E-state index in [4.69, 9.17) is 4.74 Å². The van der Waals surface area contributed by atoms with E-state index >= 15 is 0 Å². The molecule has 106 valence electrons. The van der Waals surface area contributed by atoms with E-state index in [1.807, 2.05) is 11.3 Å². The standard InChI is InChI=1S/C17H19BrOS/c1-10-7-15(20-11(10)2)16(18)12-5-6-14-13(8-12)9-17(3,4)19-14/h5-8,16H,9H2,1-4H3. The second-order valence-electron chi connectivity index (χ2n) is 6.16. The molecule has 0 bridgehead atoms. The molecule has 1 aromatic carbocycles. The lowest BCUT2D eigenvalue weighted by atomic mass is 9.99. The van der Waals surface area contributed by atoms with Gasteiger partial charge in [-0.3, -0.25) is 0 Å². The zero-order chi connectivity index (χ0) is 14.5. The summed E-state index contributed by atoms with van der Waals surface area (Å²) < 4.78 is 5.95. The molecular weight excluding hydrogens is 332 g/mol. The molecule has 1 aliphatic rings. The highest BCUT2D eigenvalue weighted by molar-refractivity contribution is 9.09. The van der Waals surface area contributed by atoms with Crippen molar-refractivity contribution in [3.05, 3.63) is 50.7 Å². The molecule has 1 aromatic heterocycles. The highest BCUT2D eigenvalue weighted by Crippen LogP contribution is 2.41. The van der Waals surface area contributed by atoms with Gasteiger partial charge in [0.25, 0.3) is 0 Å². The molecule has 1 aliphatic heterocycles. The van der Waals surface area contributed by atoms with Gasteiger partial charge >= 0.3 is 0 Å². The van der Waals surface area contributed by atoms with Crippen molar-refractivity contribution < 1.29 is 4.74 Å². The van der Waals surface area contributed by atoms with Crippen LogP contribution in [0.1, 0.15) is 45.1 Å². The van der Waals surface area contributed by atoms with Crippen LogP contribution in [0.25, 0.3) is 0 Å². The lowest BCUT2D eigenvalue weighted by molar-refractivity contribution is 0.138. The Balaban J connectivity index is 1.92. The van der Waals surface area contributed by atoms with Crippen molar-refractivity contribution in [3.8, 4) is 5.75 Å². The molecular formula is C17H19BrOS. The lowest BCUT2D eigenvalue weighted by Gasteiger charge is -2.16. The number of thiophene rings is 1. The van der Waals surface area contributed by atoms with E-state index in [0.29, 0.717) is 0 Å². The first-order valence-corrected chi connectivity index (χ1v) is 8.62. The highest BCUT2D eigenvalue weighted by atomic mass is 79.9. The first-order chi connectivity index (χ1) is 9.35. The van der Waals surface area contributed by atoms with Crippen LogP contribution in [0.5, 0.6) is 5.75 Å². The average molecular weight is 351 g/mol. The van der Waals surface area contributed by atoms with Crippen molar-refractivity contribution in [2.45, 2.75) is 44.5 Å². The number of fused-ring (bicyclic) bond motifs is 1. The summed E-state index contributed by atoms with van der Waals surface area (Å²) in [6.45, 7) is 8.64. The molecule has 3 rings (SSSR count). The predicted molar refractivity (Wildman–Crippen MR) is 89.4 cm³/mol. The largest absolute Gasteiger partial charge is 0.487 e. The third-order valence-electron chi connectivity index (χ3n) is 3.81. The highest BCUT2D eigenvalue weighted by Gasteiger charge is 2.30. The first-order valence-electron chi connectivity index (χ1n) is 6.88. The number of aryl methyl sites for hydroxylation is 2. The van der Waals surface area contributed by atoms with Crippen LogP contribution < -0.4 is 4.74 Å². The van der Waals surface area contributed by atoms with Crippen LogP contribution in [-0.4, -0.2) is 5.60 Å². The maximum atomic E-state index is 5.95. The normalized spacial score (nSPS) is 17.6. The number of alkyl halides is 1. The third kappa shape index (κ3) is 2.53. The number of halogens is 1. The summed E-state index contributed by atoms with van der Waals surface area (Å²) in [5, 5.41) is 0. The fourth-order valence-electron chi connectivity index (χ4n) is 2.68. The number of ether oxygens (including phenoxy) is 1. The molecule has 2 heterocycles. The Labute approximate surface area is 133 Å². The van der Waals surface area contributed by atoms with Gasteiger partial charge in [-0.2, -0.15) is 0 Å². The van der Waals surface area contributed by atoms with E-state index in [2.05, 4.69) is 67.9 Å². The van der Waals surface area contributed by atoms with Crippen molar-refractivity contribution in [2.24, 2.45) is 0 Å². The van der Waals surface area contributed by atoms with Gasteiger partial charge in [0.15, 0.2) is 0 Å². The zero-order valence-electron chi connectivity index (χ0n) is 12.3. The van der Waals surface area contributed by atoms with Crippen LogP contribution in [0, 0.1) is 13.8 Å². The van der Waals surface area contributed by atoms with Crippen molar-refractivity contribution in [1.82, 2.24) is 0 Å². The van der Waals surface area contributed by atoms with E-state index in [-0.39, 0.29) is 10.4 Å². The summed E-state index contributed by atoms with van der Waals surface area (Å²) in [6, 6.07) is 8.85. The van der Waals surface area contributed by atoms with Crippen LogP contribution in [0.15, 0.2) is 24.3 Å². The fraction of sp³-hybridized carbons (Fsp3) is 0.412. The second-order valence-corrected chi connectivity index (χ2v) is 8.36. The monoisotopic (exact) mass is 350 g/mol. The average Bonchev–Trinajstić information content (AvgIpc) is 2.86. The molecule has 2 aromatic rings. The van der Waals surface area contributed by atoms with E-state index in [1.54, 1.807) is 0 Å². The zero-order valence-corrected chi connectivity index (χ0v) is 14.7. The molecule has 0 aliphatic carbocycles. The van der Waals surface area contributed by atoms with Crippen LogP contribution >= 0.6 is 27.3 Å². The maximum Gasteiger partial charge on any atom is 0.123 e. The van der Waals surface area contributed by atoms with Gasteiger partial charge in [-0.25, -0.2) is 0 Å². The van der Waals surface area contributed by atoms with Gasteiger partial charge < -0.3 is 4.74 Å². The van der Waals surface area contributed by atoms with Gasteiger partial charge in [-0.15, -0.1) is 11.3 Å². The molecule has 0 spiro atoms. The Morgan fingerprint density at radius 2 is 2.00 bits per heavy atom. The minimum Gasteiger partial charge on any atom is -0.487 e. The molecule has 20 heavy (non-hydrogen) atoms. The Morgan fingerprint density at radius 3 is 2.65 bits per heavy atom. The Kier molecular flexibility index (Phi) is 3.46. The molecule has 1 atom stereocenters. The van der Waals surface area contributed by atoms with E-state index in [1.165, 1.54) is 26.4 Å². The smallest absolute Gasteiger partial charge is 0.123 e. The van der Waals surface area contributed by atoms with E-state index in [9.17, 15) is 0 Å². The minimum absolute atomic E-state index is 0.0706. The van der Waals surface area contributed by atoms with Crippen LogP contribution in [0.3, 0.4) is 0 Å². The van der Waals surface area contributed by atoms with E-state index < -0.39 is 0 Å². The molecule has 0 saturated heterocycles. The van der Waals surface area contributed by atoms with E-state index in [0.717, 1.165) is 12.2 Å². The molecule has 0 amide bonds. The quantitative estimate of drug-likeness (QED) is 0.644. The fourth-order valence-corrected chi connectivity index (χ4v) is 4.42. The van der Waals surface area contributed by atoms with Gasteiger partial charge in [0.1, 0.15) is 11.4 Å². The summed E-state index contributed by atoms with van der Waals surface area (Å²) in [7, 11) is 0. The lowest BCUT2D eigenvalue weighted by Crippen LogP contribution is -2.24. The summed E-state index contributed by atoms with van der Waals surface area (Å²) in [4.78, 5) is 3.04. The summed E-state index contributed by atoms with van der Waals surface area (Å²) in [5.41, 5.74) is 3.94. The van der Waals surface area contributed by atoms with Crippen molar-refractivity contribution in [3.63, 3.8) is 0 Å². The molecule has 1 unspecified atom stereocenters. The van der Waals surface area contributed by atoms with Gasteiger partial charge in [-0.1, -0.05) is 28.1 Å². The predicted octanol–water partition coefficient (Wildman–Crippen LogP) is 5.56. The number of hydrogen-bond donors (Lipinski definition) is 0. The molecule has 0 fully saturated rings. The summed E-state index contributed by atoms with van der Waals surface area (Å²) in [5.74, 6) is 1.04. The summed E-state index contributed by atoms with van der Waals surface area (Å²) in [6.07, 6.45) is 0.985. The number of benzene rings is 1. The molecule has 0 saturated carbocycles.